The van der Waals surface area contributed by atoms with Crippen LogP contribution in [0.4, 0.5) is 10.1 Å². The normalized spacial score (nSPS) is 10.8. The molecule has 1 amide bonds. The van der Waals surface area contributed by atoms with Gasteiger partial charge in [0, 0.05) is 4.70 Å². The number of carbonyl (C=O) groups excluding carboxylic acids is 1. The Morgan fingerprint density at radius 2 is 1.90 bits per heavy atom. The number of halogens is 3. The molecule has 2 aromatic heterocycles. The van der Waals surface area contributed by atoms with Crippen molar-refractivity contribution >= 4 is 56.2 Å². The fourth-order valence-electron chi connectivity index (χ4n) is 1.74. The monoisotopic (exact) mass is 341 g/mol. The van der Waals surface area contributed by atoms with Gasteiger partial charge in [-0.25, -0.2) is 14.4 Å². The van der Waals surface area contributed by atoms with E-state index in [4.69, 9.17) is 23.2 Å². The zero-order valence-electron chi connectivity index (χ0n) is 10.2. The molecule has 1 N–H and O–H groups in total. The topological polar surface area (TPSA) is 54.9 Å². The van der Waals surface area contributed by atoms with Crippen LogP contribution in [0, 0.1) is 5.82 Å². The van der Waals surface area contributed by atoms with Crippen LogP contribution in [0.15, 0.2) is 30.6 Å². The minimum Gasteiger partial charge on any atom is -0.316 e. The van der Waals surface area contributed by atoms with E-state index in [9.17, 15) is 9.18 Å². The fourth-order valence-corrected chi connectivity index (χ4v) is 3.13. The lowest BCUT2D eigenvalue weighted by Gasteiger charge is -2.05. The number of thiophene rings is 1. The summed E-state index contributed by atoms with van der Waals surface area (Å²) in [6, 6.07) is 6.00. The van der Waals surface area contributed by atoms with E-state index in [1.165, 1.54) is 29.8 Å². The molecule has 0 spiro atoms. The van der Waals surface area contributed by atoms with E-state index in [1.807, 2.05) is 0 Å². The molecule has 4 nitrogen and oxygen atoms in total. The molecule has 2 heterocycles. The van der Waals surface area contributed by atoms with Crippen LogP contribution in [0.3, 0.4) is 0 Å². The maximum Gasteiger partial charge on any atom is 0.265 e. The van der Waals surface area contributed by atoms with Crippen molar-refractivity contribution in [3.8, 4) is 0 Å². The quantitative estimate of drug-likeness (QED) is 0.703. The number of hydrogen-bond acceptors (Lipinski definition) is 4. The molecule has 0 aliphatic heterocycles. The third-order valence-corrected chi connectivity index (χ3v) is 4.37. The molecule has 8 heteroatoms. The lowest BCUT2D eigenvalue weighted by atomic mass is 10.2. The number of aromatic nitrogens is 2. The summed E-state index contributed by atoms with van der Waals surface area (Å²) >= 11 is 12.9. The number of nitrogens with one attached hydrogen (secondary N) is 1. The number of hydrogen-bond donors (Lipinski definition) is 1. The average Bonchev–Trinajstić information content (AvgIpc) is 2.86. The average molecular weight is 342 g/mol. The number of benzene rings is 1. The van der Waals surface area contributed by atoms with Crippen molar-refractivity contribution < 1.29 is 9.18 Å². The summed E-state index contributed by atoms with van der Waals surface area (Å²) in [5, 5.41) is 3.45. The number of nitrogens with zero attached hydrogens (tertiary/aromatic N) is 2. The molecule has 3 aromatic rings. The van der Waals surface area contributed by atoms with Gasteiger partial charge in [-0.05, 0) is 23.6 Å². The third kappa shape index (κ3) is 2.83. The summed E-state index contributed by atoms with van der Waals surface area (Å²) < 4.78 is 13.8. The van der Waals surface area contributed by atoms with Gasteiger partial charge in [0.05, 0.1) is 4.88 Å². The molecular formula is C13H6Cl2FN3OS. The van der Waals surface area contributed by atoms with E-state index in [0.29, 0.717) is 9.58 Å². The van der Waals surface area contributed by atoms with Crippen LogP contribution in [-0.4, -0.2) is 15.9 Å². The lowest BCUT2D eigenvalue weighted by molar-refractivity contribution is 0.103. The molecule has 0 aliphatic rings. The first-order valence-corrected chi connectivity index (χ1v) is 7.28. The zero-order chi connectivity index (χ0) is 15.0. The van der Waals surface area contributed by atoms with Gasteiger partial charge in [-0.3, -0.25) is 4.79 Å². The van der Waals surface area contributed by atoms with Crippen LogP contribution in [0.5, 0.6) is 0 Å². The van der Waals surface area contributed by atoms with Crippen molar-refractivity contribution in [3.63, 3.8) is 0 Å². The second-order valence-corrected chi connectivity index (χ2v) is 5.88. The first-order chi connectivity index (χ1) is 10.0. The van der Waals surface area contributed by atoms with E-state index < -0.39 is 5.91 Å². The Balaban J connectivity index is 1.94. The van der Waals surface area contributed by atoms with Crippen molar-refractivity contribution in [1.82, 2.24) is 9.97 Å². The first-order valence-electron chi connectivity index (χ1n) is 5.71. The molecule has 106 valence electrons. The molecule has 0 radical (unpaired) electrons. The Hall–Kier alpha value is -1.76. The Kier molecular flexibility index (Phi) is 3.75. The Bertz CT molecular complexity index is 832. The summed E-state index contributed by atoms with van der Waals surface area (Å²) in [7, 11) is 0. The molecule has 1 aromatic carbocycles. The zero-order valence-corrected chi connectivity index (χ0v) is 12.6. The van der Waals surface area contributed by atoms with Crippen LogP contribution in [0.25, 0.3) is 10.1 Å². The molecule has 0 aliphatic carbocycles. The molecule has 0 unspecified atom stereocenters. The van der Waals surface area contributed by atoms with Crippen LogP contribution < -0.4 is 5.32 Å². The van der Waals surface area contributed by atoms with Crippen molar-refractivity contribution in [1.29, 1.82) is 0 Å². The minimum atomic E-state index is -0.407. The number of anilines is 1. The molecule has 21 heavy (non-hydrogen) atoms. The van der Waals surface area contributed by atoms with Crippen LogP contribution in [0.2, 0.25) is 10.3 Å². The molecule has 0 atom stereocenters. The van der Waals surface area contributed by atoms with Crippen molar-refractivity contribution in [2.75, 3.05) is 5.32 Å². The summed E-state index contributed by atoms with van der Waals surface area (Å²) in [5.74, 6) is -0.755. The molecule has 0 fully saturated rings. The second kappa shape index (κ2) is 5.55. The van der Waals surface area contributed by atoms with Gasteiger partial charge in [0.15, 0.2) is 10.3 Å². The van der Waals surface area contributed by atoms with Crippen molar-refractivity contribution in [2.24, 2.45) is 0 Å². The SMILES string of the molecule is O=C(Nc1c(Cl)ncnc1Cl)c1cc2ccc(F)cc2s1. The number of fused-ring (bicyclic) bond motifs is 1. The van der Waals surface area contributed by atoms with Crippen molar-refractivity contribution in [3.05, 3.63) is 51.6 Å². The fraction of sp³-hybridized carbons (Fsp3) is 0. The minimum absolute atomic E-state index is 0.0514. The van der Waals surface area contributed by atoms with Gasteiger partial charge in [-0.15, -0.1) is 11.3 Å². The summed E-state index contributed by atoms with van der Waals surface area (Å²) in [5.41, 5.74) is 0.148. The van der Waals surface area contributed by atoms with Gasteiger partial charge in [0.1, 0.15) is 17.8 Å². The number of rotatable bonds is 2. The highest BCUT2D eigenvalue weighted by Crippen LogP contribution is 2.29. The maximum atomic E-state index is 13.2. The largest absolute Gasteiger partial charge is 0.316 e. The third-order valence-electron chi connectivity index (χ3n) is 2.70. The first kappa shape index (κ1) is 14.2. The van der Waals surface area contributed by atoms with Crippen LogP contribution in [-0.2, 0) is 0 Å². The molecule has 0 bridgehead atoms. The summed E-state index contributed by atoms with van der Waals surface area (Å²) in [6.45, 7) is 0. The maximum absolute atomic E-state index is 13.2. The van der Waals surface area contributed by atoms with E-state index in [2.05, 4.69) is 15.3 Å². The summed E-state index contributed by atoms with van der Waals surface area (Å²) in [6.07, 6.45) is 1.20. The lowest BCUT2D eigenvalue weighted by Crippen LogP contribution is -2.11. The van der Waals surface area contributed by atoms with Gasteiger partial charge in [-0.2, -0.15) is 0 Å². The van der Waals surface area contributed by atoms with E-state index in [1.54, 1.807) is 12.1 Å². The predicted octanol–water partition coefficient (Wildman–Crippen LogP) is 4.39. The van der Waals surface area contributed by atoms with Gasteiger partial charge in [0.2, 0.25) is 0 Å². The van der Waals surface area contributed by atoms with E-state index in [-0.39, 0.29) is 21.8 Å². The van der Waals surface area contributed by atoms with Gasteiger partial charge < -0.3 is 5.32 Å². The number of carbonyl (C=O) groups is 1. The Labute approximate surface area is 132 Å². The van der Waals surface area contributed by atoms with Crippen molar-refractivity contribution in [2.45, 2.75) is 0 Å². The van der Waals surface area contributed by atoms with Gasteiger partial charge in [-0.1, -0.05) is 29.3 Å². The molecule has 0 saturated carbocycles. The molecular weight excluding hydrogens is 336 g/mol. The highest BCUT2D eigenvalue weighted by Gasteiger charge is 2.15. The van der Waals surface area contributed by atoms with E-state index in [0.717, 1.165) is 5.39 Å². The Morgan fingerprint density at radius 1 is 1.19 bits per heavy atom. The number of amides is 1. The standard InChI is InChI=1S/C13H6Cl2FN3OS/c14-11-10(12(15)18-5-17-11)19-13(20)9-3-6-1-2-7(16)4-8(6)21-9/h1-5H,(H,19,20). The van der Waals surface area contributed by atoms with Crippen LogP contribution >= 0.6 is 34.5 Å². The van der Waals surface area contributed by atoms with Gasteiger partial charge >= 0.3 is 0 Å². The van der Waals surface area contributed by atoms with E-state index >= 15 is 0 Å². The van der Waals surface area contributed by atoms with Gasteiger partial charge in [0.25, 0.3) is 5.91 Å². The molecule has 0 saturated heterocycles. The predicted molar refractivity (Wildman–Crippen MR) is 81.8 cm³/mol. The van der Waals surface area contributed by atoms with Crippen LogP contribution in [0.1, 0.15) is 9.67 Å². The highest BCUT2D eigenvalue weighted by atomic mass is 35.5. The highest BCUT2D eigenvalue weighted by molar-refractivity contribution is 7.20. The smallest absolute Gasteiger partial charge is 0.265 e. The Morgan fingerprint density at radius 3 is 2.62 bits per heavy atom. The molecule has 3 rings (SSSR count). The second-order valence-electron chi connectivity index (χ2n) is 4.08. The summed E-state index contributed by atoms with van der Waals surface area (Å²) in [4.78, 5) is 20.1.